The summed E-state index contributed by atoms with van der Waals surface area (Å²) in [6.45, 7) is 3.34. The van der Waals surface area contributed by atoms with E-state index in [-0.39, 0.29) is 24.0 Å². The van der Waals surface area contributed by atoms with Crippen molar-refractivity contribution in [1.82, 2.24) is 19.9 Å². The number of likely N-dealkylation sites (tertiary alicyclic amines) is 1. The Morgan fingerprint density at radius 1 is 1.26 bits per heavy atom. The number of aromatic nitrogens is 3. The smallest absolute Gasteiger partial charge is 0.237 e. The highest BCUT2D eigenvalue weighted by molar-refractivity contribution is 6.07. The lowest BCUT2D eigenvalue weighted by Gasteiger charge is -2.52. The van der Waals surface area contributed by atoms with E-state index in [0.29, 0.717) is 37.3 Å². The average Bonchev–Trinajstić information content (AvgIpc) is 3.52. The first-order valence-corrected chi connectivity index (χ1v) is 12.7. The van der Waals surface area contributed by atoms with Gasteiger partial charge in [-0.2, -0.15) is 5.26 Å². The molecule has 34 heavy (non-hydrogen) atoms. The monoisotopic (exact) mass is 460 g/mol. The summed E-state index contributed by atoms with van der Waals surface area (Å²) in [4.78, 5) is 15.7. The molecular weight excluding hydrogens is 428 g/mol. The molecular formula is C26H32N6O2. The van der Waals surface area contributed by atoms with Gasteiger partial charge in [-0.1, -0.05) is 30.3 Å². The second-order valence-corrected chi connectivity index (χ2v) is 10.8. The number of nitriles is 1. The van der Waals surface area contributed by atoms with Gasteiger partial charge < -0.3 is 15.3 Å². The van der Waals surface area contributed by atoms with Crippen LogP contribution in [0.4, 0.5) is 5.69 Å². The van der Waals surface area contributed by atoms with Crippen molar-refractivity contribution in [3.8, 4) is 6.19 Å². The molecule has 1 aromatic carbocycles. The second-order valence-electron chi connectivity index (χ2n) is 10.8. The summed E-state index contributed by atoms with van der Waals surface area (Å²) in [5.41, 5.74) is 1.98. The van der Waals surface area contributed by atoms with Crippen molar-refractivity contribution in [2.24, 2.45) is 17.8 Å². The molecule has 0 spiro atoms. The number of aryl methyl sites for hydroxylation is 1. The Morgan fingerprint density at radius 2 is 2.09 bits per heavy atom. The van der Waals surface area contributed by atoms with Crippen LogP contribution in [-0.2, 0) is 16.8 Å². The molecule has 8 nitrogen and oxygen atoms in total. The van der Waals surface area contributed by atoms with Crippen LogP contribution in [0.2, 0.25) is 0 Å². The zero-order valence-electron chi connectivity index (χ0n) is 19.6. The van der Waals surface area contributed by atoms with Crippen molar-refractivity contribution >= 4 is 11.6 Å². The summed E-state index contributed by atoms with van der Waals surface area (Å²) in [5, 5.41) is 32.6. The Bertz CT molecular complexity index is 1140. The molecule has 0 bridgehead atoms. The van der Waals surface area contributed by atoms with E-state index in [4.69, 9.17) is 0 Å². The number of hydrogen-bond donors (Lipinski definition) is 2. The fourth-order valence-electron chi connectivity index (χ4n) is 6.92. The van der Waals surface area contributed by atoms with E-state index in [9.17, 15) is 15.2 Å². The molecule has 2 aliphatic carbocycles. The van der Waals surface area contributed by atoms with Gasteiger partial charge in [0.25, 0.3) is 0 Å². The van der Waals surface area contributed by atoms with Crippen LogP contribution in [0.25, 0.3) is 0 Å². The lowest BCUT2D eigenvalue weighted by atomic mass is 9.61. The first-order chi connectivity index (χ1) is 16.5. The molecule has 6 rings (SSSR count). The maximum Gasteiger partial charge on any atom is 0.237 e. The molecule has 2 aliphatic heterocycles. The maximum atomic E-state index is 13.8. The van der Waals surface area contributed by atoms with Gasteiger partial charge in [0, 0.05) is 30.9 Å². The molecule has 3 fully saturated rings. The molecule has 0 unspecified atom stereocenters. The quantitative estimate of drug-likeness (QED) is 0.665. The fraction of sp³-hybridized carbons (Fsp3) is 0.615. The number of amides is 1. The average molecular weight is 461 g/mol. The van der Waals surface area contributed by atoms with Crippen molar-refractivity contribution in [3.63, 3.8) is 0 Å². The van der Waals surface area contributed by atoms with Gasteiger partial charge in [0.1, 0.15) is 0 Å². The number of hydrogen-bond acceptors (Lipinski definition) is 6. The molecule has 6 atom stereocenters. The number of carbonyl (C=O) groups excluding carboxylic acids is 1. The predicted molar refractivity (Wildman–Crippen MR) is 125 cm³/mol. The van der Waals surface area contributed by atoms with Crippen LogP contribution in [-0.4, -0.2) is 49.6 Å². The molecule has 3 heterocycles. The molecule has 2 saturated carbocycles. The standard InChI is InChI=1S/C26H32N6O2/c1-16-19-12-24(31(15-27)13-18(19)8-9-23(16)33)26(20-4-2-3-5-21(20)28-25(26)34)10-11-32-14-22(29-30-32)17-6-7-17/h2-5,14,16-19,23-24,33H,6-13H2,1H3,(H,28,34)/t16-,18+,19-,23+,24+,26+/m1/s1. The molecule has 2 aromatic rings. The van der Waals surface area contributed by atoms with Gasteiger partial charge in [0.05, 0.1) is 23.3 Å². The van der Waals surface area contributed by atoms with Gasteiger partial charge in [-0.3, -0.25) is 9.48 Å². The van der Waals surface area contributed by atoms with Gasteiger partial charge >= 0.3 is 0 Å². The third-order valence-electron chi connectivity index (χ3n) is 9.07. The van der Waals surface area contributed by atoms with Crippen LogP contribution in [0.15, 0.2) is 30.5 Å². The number of para-hydroxylation sites is 1. The number of rotatable bonds is 5. The highest BCUT2D eigenvalue weighted by Crippen LogP contribution is 2.51. The zero-order chi connectivity index (χ0) is 23.4. The van der Waals surface area contributed by atoms with Crippen molar-refractivity contribution in [2.75, 3.05) is 11.9 Å². The summed E-state index contributed by atoms with van der Waals surface area (Å²) in [6.07, 6.45) is 9.48. The lowest BCUT2D eigenvalue weighted by Crippen LogP contribution is -2.60. The molecule has 2 N–H and O–H groups in total. The number of nitrogens with one attached hydrogen (secondary N) is 1. The Balaban J connectivity index is 1.38. The van der Waals surface area contributed by atoms with Crippen LogP contribution in [0.5, 0.6) is 0 Å². The van der Waals surface area contributed by atoms with E-state index >= 15 is 0 Å². The number of fused-ring (bicyclic) bond motifs is 2. The summed E-state index contributed by atoms with van der Waals surface area (Å²) in [7, 11) is 0. The van der Waals surface area contributed by atoms with E-state index in [1.807, 2.05) is 40.0 Å². The number of piperidine rings is 1. The third-order valence-corrected chi connectivity index (χ3v) is 9.07. The van der Waals surface area contributed by atoms with Crippen molar-refractivity contribution in [1.29, 1.82) is 5.26 Å². The van der Waals surface area contributed by atoms with Crippen LogP contribution >= 0.6 is 0 Å². The first kappa shape index (κ1) is 21.6. The van der Waals surface area contributed by atoms with Crippen molar-refractivity contribution in [3.05, 3.63) is 41.7 Å². The Labute approximate surface area is 199 Å². The summed E-state index contributed by atoms with van der Waals surface area (Å²) >= 11 is 0. The van der Waals surface area contributed by atoms with E-state index in [2.05, 4.69) is 28.7 Å². The predicted octanol–water partition coefficient (Wildman–Crippen LogP) is 3.01. The fourth-order valence-corrected chi connectivity index (χ4v) is 6.92. The molecule has 178 valence electrons. The third kappa shape index (κ3) is 3.32. The minimum Gasteiger partial charge on any atom is -0.393 e. The maximum absolute atomic E-state index is 13.8. The highest BCUT2D eigenvalue weighted by atomic mass is 16.3. The van der Waals surface area contributed by atoms with Crippen LogP contribution < -0.4 is 5.32 Å². The SMILES string of the molecule is C[C@@H]1[C@H]2C[C@@H]([C@@]3(CCn4cc(C5CC5)nn4)C(=O)Nc4ccccc43)N(C#N)C[C@@H]2CC[C@@H]1O. The zero-order valence-corrected chi connectivity index (χ0v) is 19.6. The van der Waals surface area contributed by atoms with Gasteiger partial charge in [-0.25, -0.2) is 0 Å². The molecule has 4 aliphatic rings. The molecule has 8 heteroatoms. The molecule has 1 aromatic heterocycles. The van der Waals surface area contributed by atoms with Crippen LogP contribution in [0.1, 0.15) is 62.6 Å². The van der Waals surface area contributed by atoms with Crippen LogP contribution in [0, 0.1) is 29.2 Å². The van der Waals surface area contributed by atoms with Gasteiger partial charge in [0.15, 0.2) is 6.19 Å². The van der Waals surface area contributed by atoms with E-state index in [0.717, 1.165) is 36.2 Å². The number of anilines is 1. The number of carbonyl (C=O) groups is 1. The minimum absolute atomic E-state index is 0.0380. The van der Waals surface area contributed by atoms with Crippen LogP contribution in [0.3, 0.4) is 0 Å². The Hall–Kier alpha value is -2.92. The number of benzene rings is 1. The van der Waals surface area contributed by atoms with Gasteiger partial charge in [0.2, 0.25) is 5.91 Å². The van der Waals surface area contributed by atoms with E-state index < -0.39 is 5.41 Å². The number of aliphatic hydroxyl groups is 1. The number of aliphatic hydroxyl groups excluding tert-OH is 1. The molecule has 1 saturated heterocycles. The van der Waals surface area contributed by atoms with Gasteiger partial charge in [-0.05, 0) is 67.9 Å². The van der Waals surface area contributed by atoms with E-state index in [1.165, 1.54) is 12.8 Å². The lowest BCUT2D eigenvalue weighted by molar-refractivity contribution is -0.126. The summed E-state index contributed by atoms with van der Waals surface area (Å²) in [6, 6.07) is 7.63. The molecule has 1 amide bonds. The second kappa shape index (κ2) is 8.09. The first-order valence-electron chi connectivity index (χ1n) is 12.7. The van der Waals surface area contributed by atoms with E-state index in [1.54, 1.807) is 0 Å². The summed E-state index contributed by atoms with van der Waals surface area (Å²) < 4.78 is 1.86. The Morgan fingerprint density at radius 3 is 2.88 bits per heavy atom. The van der Waals surface area contributed by atoms with Gasteiger partial charge in [-0.15, -0.1) is 5.10 Å². The normalized spacial score (nSPS) is 34.8. The Kier molecular flexibility index (Phi) is 5.14. The topological polar surface area (TPSA) is 107 Å². The highest BCUT2D eigenvalue weighted by Gasteiger charge is 2.57. The number of nitrogens with zero attached hydrogens (tertiary/aromatic N) is 5. The minimum atomic E-state index is -0.856. The summed E-state index contributed by atoms with van der Waals surface area (Å²) in [5.74, 6) is 1.33. The molecule has 0 radical (unpaired) electrons. The van der Waals surface area contributed by atoms with Crippen molar-refractivity contribution in [2.45, 2.75) is 75.5 Å². The van der Waals surface area contributed by atoms with Crippen molar-refractivity contribution < 1.29 is 9.90 Å². The largest absolute Gasteiger partial charge is 0.393 e.